The molecule has 2 N–H and O–H groups in total. The van der Waals surface area contributed by atoms with Crippen LogP contribution in [0.2, 0.25) is 0 Å². The first-order chi connectivity index (χ1) is 7.84. The Morgan fingerprint density at radius 3 is 2.24 bits per heavy atom. The number of hydrogen-bond acceptors (Lipinski definition) is 3. The lowest BCUT2D eigenvalue weighted by Gasteiger charge is -2.19. The van der Waals surface area contributed by atoms with Gasteiger partial charge in [0.15, 0.2) is 0 Å². The fraction of sp³-hybridized carbons (Fsp3) is 0.700. The Hall–Kier alpha value is -1.79. The number of urea groups is 1. The van der Waals surface area contributed by atoms with Crippen LogP contribution in [0.4, 0.5) is 4.79 Å². The minimum atomic E-state index is -0.893. The van der Waals surface area contributed by atoms with E-state index >= 15 is 0 Å². The molecule has 0 spiro atoms. The van der Waals surface area contributed by atoms with Crippen LogP contribution in [-0.4, -0.2) is 67.0 Å². The van der Waals surface area contributed by atoms with Crippen molar-refractivity contribution < 1.29 is 19.5 Å². The zero-order valence-corrected chi connectivity index (χ0v) is 10.4. The van der Waals surface area contributed by atoms with E-state index in [0.717, 1.165) is 0 Å². The van der Waals surface area contributed by atoms with Crippen LogP contribution >= 0.6 is 0 Å². The first-order valence-corrected chi connectivity index (χ1v) is 5.25. The Bertz CT molecular complexity index is 291. The van der Waals surface area contributed by atoms with Crippen molar-refractivity contribution in [2.75, 3.05) is 34.2 Å². The van der Waals surface area contributed by atoms with Gasteiger partial charge in [0.1, 0.15) is 6.54 Å². The van der Waals surface area contributed by atoms with E-state index in [0.29, 0.717) is 6.42 Å². The molecule has 0 aliphatic heterocycles. The van der Waals surface area contributed by atoms with E-state index in [4.69, 9.17) is 5.11 Å². The van der Waals surface area contributed by atoms with Crippen LogP contribution in [0.1, 0.15) is 12.8 Å². The van der Waals surface area contributed by atoms with E-state index in [-0.39, 0.29) is 31.4 Å². The number of hydrogen-bond donors (Lipinski definition) is 2. The Morgan fingerprint density at radius 1 is 1.18 bits per heavy atom. The molecule has 0 unspecified atom stereocenters. The van der Waals surface area contributed by atoms with Crippen molar-refractivity contribution in [3.05, 3.63) is 0 Å². The van der Waals surface area contributed by atoms with E-state index < -0.39 is 5.97 Å². The molecular weight excluding hydrogens is 226 g/mol. The number of carbonyl (C=O) groups excluding carboxylic acids is 2. The average Bonchev–Trinajstić information content (AvgIpc) is 2.23. The third kappa shape index (κ3) is 7.15. The number of carboxylic acid groups (broad SMARTS) is 1. The molecule has 0 saturated heterocycles. The Labute approximate surface area is 100 Å². The summed E-state index contributed by atoms with van der Waals surface area (Å²) in [7, 11) is 4.73. The van der Waals surface area contributed by atoms with Gasteiger partial charge in [-0.05, 0) is 6.42 Å². The summed E-state index contributed by atoms with van der Waals surface area (Å²) in [5, 5.41) is 10.9. The molecule has 0 aromatic carbocycles. The van der Waals surface area contributed by atoms with Crippen molar-refractivity contribution in [2.24, 2.45) is 0 Å². The molecule has 0 aromatic heterocycles. The highest BCUT2D eigenvalue weighted by Gasteiger charge is 2.13. The summed E-state index contributed by atoms with van der Waals surface area (Å²) in [6.45, 7) is 0.281. The number of carbonyl (C=O) groups is 3. The Balaban J connectivity index is 3.82. The Morgan fingerprint density at radius 2 is 1.76 bits per heavy atom. The van der Waals surface area contributed by atoms with Gasteiger partial charge in [-0.1, -0.05) is 0 Å². The lowest BCUT2D eigenvalue weighted by molar-refractivity contribution is -0.137. The van der Waals surface area contributed by atoms with Gasteiger partial charge in [0.25, 0.3) is 0 Å². The summed E-state index contributed by atoms with van der Waals surface area (Å²) in [6, 6.07) is -0.384. The highest BCUT2D eigenvalue weighted by atomic mass is 16.4. The maximum atomic E-state index is 11.4. The minimum absolute atomic E-state index is 0.00222. The van der Waals surface area contributed by atoms with Crippen molar-refractivity contribution in [3.8, 4) is 0 Å². The lowest BCUT2D eigenvalue weighted by atomic mass is 10.3. The maximum absolute atomic E-state index is 11.4. The van der Waals surface area contributed by atoms with Gasteiger partial charge in [-0.2, -0.15) is 0 Å². The molecule has 0 aliphatic carbocycles. The maximum Gasteiger partial charge on any atom is 0.317 e. The summed E-state index contributed by atoms with van der Waals surface area (Å²) in [4.78, 5) is 35.6. The molecule has 0 atom stereocenters. The molecule has 0 aliphatic rings. The monoisotopic (exact) mass is 245 g/mol. The molecule has 0 fully saturated rings. The number of likely N-dealkylation sites (N-methyl/N-ethyl adjacent to an activating group) is 2. The SMILES string of the molecule is CN(C)C(=O)CN(C)C(=O)NCCCC(=O)O. The third-order valence-corrected chi connectivity index (χ3v) is 2.06. The van der Waals surface area contributed by atoms with Crippen LogP contribution in [0.5, 0.6) is 0 Å². The normalized spacial score (nSPS) is 9.59. The van der Waals surface area contributed by atoms with Crippen molar-refractivity contribution in [1.29, 1.82) is 0 Å². The molecule has 0 radical (unpaired) electrons. The summed E-state index contributed by atoms with van der Waals surface area (Å²) in [5.41, 5.74) is 0. The third-order valence-electron chi connectivity index (χ3n) is 2.06. The summed E-state index contributed by atoms with van der Waals surface area (Å²) in [6.07, 6.45) is 0.386. The second-order valence-corrected chi connectivity index (χ2v) is 3.87. The summed E-state index contributed by atoms with van der Waals surface area (Å²) in [5.74, 6) is -1.07. The predicted octanol–water partition coefficient (Wildman–Crippen LogP) is -0.419. The largest absolute Gasteiger partial charge is 0.481 e. The molecule has 0 bridgehead atoms. The zero-order chi connectivity index (χ0) is 13.4. The second-order valence-electron chi connectivity index (χ2n) is 3.87. The smallest absolute Gasteiger partial charge is 0.317 e. The van der Waals surface area contributed by atoms with Gasteiger partial charge in [-0.25, -0.2) is 4.79 Å². The number of aliphatic carboxylic acids is 1. The Kier molecular flexibility index (Phi) is 6.69. The van der Waals surface area contributed by atoms with Crippen molar-refractivity contribution in [2.45, 2.75) is 12.8 Å². The first kappa shape index (κ1) is 15.2. The topological polar surface area (TPSA) is 90.0 Å². The zero-order valence-electron chi connectivity index (χ0n) is 10.4. The number of nitrogens with one attached hydrogen (secondary N) is 1. The highest BCUT2D eigenvalue weighted by Crippen LogP contribution is 1.90. The van der Waals surface area contributed by atoms with Gasteiger partial charge in [0.2, 0.25) is 5.91 Å². The average molecular weight is 245 g/mol. The lowest BCUT2D eigenvalue weighted by Crippen LogP contribution is -2.43. The van der Waals surface area contributed by atoms with Crippen molar-refractivity contribution in [1.82, 2.24) is 15.1 Å². The molecule has 7 heteroatoms. The molecule has 17 heavy (non-hydrogen) atoms. The van der Waals surface area contributed by atoms with Crippen LogP contribution < -0.4 is 5.32 Å². The van der Waals surface area contributed by atoms with Crippen LogP contribution in [0.15, 0.2) is 0 Å². The van der Waals surface area contributed by atoms with Crippen molar-refractivity contribution in [3.63, 3.8) is 0 Å². The van der Waals surface area contributed by atoms with E-state index in [1.807, 2.05) is 0 Å². The standard InChI is InChI=1S/C10H19N3O4/c1-12(2)8(14)7-13(3)10(17)11-6-4-5-9(15)16/h4-7H2,1-3H3,(H,11,17)(H,15,16). The van der Waals surface area contributed by atoms with Crippen LogP contribution in [-0.2, 0) is 9.59 Å². The number of rotatable bonds is 6. The highest BCUT2D eigenvalue weighted by molar-refractivity contribution is 5.83. The van der Waals surface area contributed by atoms with E-state index in [9.17, 15) is 14.4 Å². The second kappa shape index (κ2) is 7.48. The predicted molar refractivity (Wildman–Crippen MR) is 61.6 cm³/mol. The molecule has 0 rings (SSSR count). The summed E-state index contributed by atoms with van der Waals surface area (Å²) >= 11 is 0. The molecule has 0 heterocycles. The number of nitrogens with zero attached hydrogens (tertiary/aromatic N) is 2. The molecule has 0 aromatic rings. The first-order valence-electron chi connectivity index (χ1n) is 5.25. The van der Waals surface area contributed by atoms with Gasteiger partial charge >= 0.3 is 12.0 Å². The van der Waals surface area contributed by atoms with E-state index in [1.54, 1.807) is 14.1 Å². The number of carboxylic acids is 1. The van der Waals surface area contributed by atoms with Gasteiger partial charge in [0.05, 0.1) is 0 Å². The van der Waals surface area contributed by atoms with Gasteiger partial charge < -0.3 is 20.2 Å². The molecular formula is C10H19N3O4. The molecule has 7 nitrogen and oxygen atoms in total. The van der Waals surface area contributed by atoms with Gasteiger partial charge in [0, 0.05) is 34.1 Å². The van der Waals surface area contributed by atoms with Crippen LogP contribution in [0, 0.1) is 0 Å². The molecule has 98 valence electrons. The fourth-order valence-electron chi connectivity index (χ4n) is 0.986. The minimum Gasteiger partial charge on any atom is -0.481 e. The molecule has 3 amide bonds. The quantitative estimate of drug-likeness (QED) is 0.622. The van der Waals surface area contributed by atoms with Crippen LogP contribution in [0.25, 0.3) is 0 Å². The van der Waals surface area contributed by atoms with Crippen molar-refractivity contribution >= 4 is 17.9 Å². The number of amides is 3. The summed E-state index contributed by atoms with van der Waals surface area (Å²) < 4.78 is 0. The molecule has 0 saturated carbocycles. The van der Waals surface area contributed by atoms with E-state index in [1.165, 1.54) is 16.8 Å². The van der Waals surface area contributed by atoms with Gasteiger partial charge in [-0.3, -0.25) is 9.59 Å². The van der Waals surface area contributed by atoms with Crippen LogP contribution in [0.3, 0.4) is 0 Å². The van der Waals surface area contributed by atoms with E-state index in [2.05, 4.69) is 5.32 Å². The van der Waals surface area contributed by atoms with Gasteiger partial charge in [-0.15, -0.1) is 0 Å². The fourth-order valence-corrected chi connectivity index (χ4v) is 0.986.